The highest BCUT2D eigenvalue weighted by molar-refractivity contribution is 6.08. The second kappa shape index (κ2) is 12.4. The van der Waals surface area contributed by atoms with Crippen LogP contribution in [0.25, 0.3) is 0 Å². The Morgan fingerprint density at radius 2 is 1.19 bits per heavy atom. The van der Waals surface area contributed by atoms with E-state index < -0.39 is 0 Å². The highest BCUT2D eigenvalue weighted by Gasteiger charge is 2.10. The number of pyridine rings is 1. The van der Waals surface area contributed by atoms with E-state index in [0.29, 0.717) is 0 Å². The van der Waals surface area contributed by atoms with E-state index in [1.165, 1.54) is 64.2 Å². The Labute approximate surface area is 159 Å². The summed E-state index contributed by atoms with van der Waals surface area (Å²) in [5.74, 6) is 0.0942. The molecule has 0 N–H and O–H groups in total. The maximum absolute atomic E-state index is 12.4. The van der Waals surface area contributed by atoms with Crippen LogP contribution in [-0.4, -0.2) is 5.78 Å². The maximum atomic E-state index is 12.4. The first kappa shape index (κ1) is 20.4. The van der Waals surface area contributed by atoms with Crippen LogP contribution in [-0.2, 0) is 6.54 Å². The molecule has 0 bridgehead atoms. The number of aromatic nitrogens is 1. The zero-order valence-electron chi connectivity index (χ0n) is 16.3. The van der Waals surface area contributed by atoms with Crippen LogP contribution in [0.1, 0.15) is 87.1 Å². The summed E-state index contributed by atoms with van der Waals surface area (Å²) in [4.78, 5) is 12.4. The van der Waals surface area contributed by atoms with Crippen LogP contribution < -0.4 is 4.57 Å². The summed E-state index contributed by atoms with van der Waals surface area (Å²) >= 11 is 0. The van der Waals surface area contributed by atoms with Gasteiger partial charge in [0, 0.05) is 29.7 Å². The molecule has 140 valence electrons. The van der Waals surface area contributed by atoms with Crippen LogP contribution in [0.2, 0.25) is 0 Å². The lowest BCUT2D eigenvalue weighted by Crippen LogP contribution is -2.32. The molecule has 2 rings (SSSR count). The highest BCUT2D eigenvalue weighted by atomic mass is 16.1. The van der Waals surface area contributed by atoms with Gasteiger partial charge in [0.15, 0.2) is 18.2 Å². The molecule has 0 aliphatic carbocycles. The van der Waals surface area contributed by atoms with E-state index in [2.05, 4.69) is 11.5 Å². The molecule has 1 aromatic heterocycles. The number of unbranched alkanes of at least 4 members (excludes halogenated alkanes) is 9. The van der Waals surface area contributed by atoms with E-state index in [1.54, 1.807) is 0 Å². The fraction of sp³-hybridized carbons (Fsp3) is 0.500. The van der Waals surface area contributed by atoms with Crippen LogP contribution in [0.4, 0.5) is 0 Å². The number of carbonyl (C=O) groups is 1. The van der Waals surface area contributed by atoms with Crippen molar-refractivity contribution >= 4 is 5.78 Å². The number of nitrogens with zero attached hydrogens (tertiary/aromatic N) is 1. The minimum absolute atomic E-state index is 0.0942. The first-order valence-electron chi connectivity index (χ1n) is 10.4. The van der Waals surface area contributed by atoms with Gasteiger partial charge in [0.25, 0.3) is 0 Å². The smallest absolute Gasteiger partial charge is 0.193 e. The van der Waals surface area contributed by atoms with Crippen molar-refractivity contribution in [1.82, 2.24) is 0 Å². The van der Waals surface area contributed by atoms with Crippen molar-refractivity contribution in [1.29, 1.82) is 0 Å². The average Bonchev–Trinajstić information content (AvgIpc) is 2.70. The number of hydrogen-bond donors (Lipinski definition) is 0. The van der Waals surface area contributed by atoms with Gasteiger partial charge in [-0.25, -0.2) is 4.57 Å². The third-order valence-corrected chi connectivity index (χ3v) is 4.96. The summed E-state index contributed by atoms with van der Waals surface area (Å²) in [5.41, 5.74) is 1.51. The van der Waals surface area contributed by atoms with Gasteiger partial charge in [-0.15, -0.1) is 0 Å². The topological polar surface area (TPSA) is 20.9 Å². The second-order valence-corrected chi connectivity index (χ2v) is 7.20. The number of benzene rings is 1. The Balaban J connectivity index is 1.60. The first-order valence-corrected chi connectivity index (χ1v) is 10.4. The first-order chi connectivity index (χ1) is 12.8. The van der Waals surface area contributed by atoms with Gasteiger partial charge in [-0.1, -0.05) is 88.6 Å². The molecule has 2 aromatic rings. The lowest BCUT2D eigenvalue weighted by atomic mass is 10.0. The molecule has 0 unspecified atom stereocenters. The van der Waals surface area contributed by atoms with Gasteiger partial charge in [-0.05, 0) is 6.42 Å². The molecule has 2 nitrogen and oxygen atoms in total. The third kappa shape index (κ3) is 7.51. The minimum atomic E-state index is 0.0942. The van der Waals surface area contributed by atoms with E-state index in [-0.39, 0.29) is 5.78 Å². The Kier molecular flexibility index (Phi) is 9.71. The van der Waals surface area contributed by atoms with Crippen molar-refractivity contribution in [2.75, 3.05) is 0 Å². The van der Waals surface area contributed by atoms with Gasteiger partial charge >= 0.3 is 0 Å². The Bertz CT molecular complexity index is 618. The normalized spacial score (nSPS) is 10.8. The van der Waals surface area contributed by atoms with Crippen molar-refractivity contribution in [3.05, 3.63) is 66.0 Å². The van der Waals surface area contributed by atoms with Gasteiger partial charge < -0.3 is 0 Å². The van der Waals surface area contributed by atoms with Crippen LogP contribution in [0.15, 0.2) is 54.9 Å². The predicted molar refractivity (Wildman–Crippen MR) is 108 cm³/mol. The summed E-state index contributed by atoms with van der Waals surface area (Å²) in [6.07, 6.45) is 17.7. The molecular formula is C24H34NO+. The van der Waals surface area contributed by atoms with Crippen molar-refractivity contribution in [3.63, 3.8) is 0 Å². The lowest BCUT2D eigenvalue weighted by Gasteiger charge is -2.02. The van der Waals surface area contributed by atoms with E-state index in [0.717, 1.165) is 17.7 Å². The van der Waals surface area contributed by atoms with Crippen LogP contribution in [0.3, 0.4) is 0 Å². The van der Waals surface area contributed by atoms with Crippen LogP contribution in [0.5, 0.6) is 0 Å². The number of aryl methyl sites for hydroxylation is 1. The zero-order valence-corrected chi connectivity index (χ0v) is 16.3. The maximum Gasteiger partial charge on any atom is 0.193 e. The van der Waals surface area contributed by atoms with Gasteiger partial charge in [0.2, 0.25) is 0 Å². The van der Waals surface area contributed by atoms with Gasteiger partial charge in [-0.2, -0.15) is 0 Å². The van der Waals surface area contributed by atoms with E-state index in [1.807, 2.05) is 54.9 Å². The molecule has 0 saturated carbocycles. The summed E-state index contributed by atoms with van der Waals surface area (Å²) in [5, 5.41) is 0. The molecule has 1 heterocycles. The number of rotatable bonds is 13. The molecule has 0 saturated heterocycles. The number of ketones is 1. The minimum Gasteiger partial charge on any atom is -0.289 e. The van der Waals surface area contributed by atoms with Gasteiger partial charge in [0.1, 0.15) is 6.54 Å². The molecular weight excluding hydrogens is 318 g/mol. The Hall–Kier alpha value is -1.96. The summed E-state index contributed by atoms with van der Waals surface area (Å²) in [6, 6.07) is 13.4. The second-order valence-electron chi connectivity index (χ2n) is 7.20. The van der Waals surface area contributed by atoms with Crippen molar-refractivity contribution in [3.8, 4) is 0 Å². The van der Waals surface area contributed by atoms with Crippen LogP contribution >= 0.6 is 0 Å². The fourth-order valence-corrected chi connectivity index (χ4v) is 3.30. The number of hydrogen-bond acceptors (Lipinski definition) is 1. The molecule has 0 radical (unpaired) electrons. The largest absolute Gasteiger partial charge is 0.289 e. The van der Waals surface area contributed by atoms with Gasteiger partial charge in [0.05, 0.1) is 0 Å². The molecule has 2 heteroatoms. The zero-order chi connectivity index (χ0) is 18.5. The molecule has 0 amide bonds. The predicted octanol–water partition coefficient (Wildman–Crippen LogP) is 6.13. The van der Waals surface area contributed by atoms with Crippen molar-refractivity contribution < 1.29 is 9.36 Å². The molecule has 0 aliphatic heterocycles. The molecule has 0 spiro atoms. The average molecular weight is 353 g/mol. The summed E-state index contributed by atoms with van der Waals surface area (Å²) in [6.45, 7) is 3.31. The standard InChI is InChI=1S/C24H34NO/c1-2-3-4-5-6-7-8-9-10-14-19-25-20-17-23(18-21-25)24(26)22-15-12-11-13-16-22/h11-13,15-18,20-21H,2-10,14,19H2,1H3/q+1. The molecule has 26 heavy (non-hydrogen) atoms. The summed E-state index contributed by atoms with van der Waals surface area (Å²) in [7, 11) is 0. The van der Waals surface area contributed by atoms with Crippen molar-refractivity contribution in [2.45, 2.75) is 77.7 Å². The fourth-order valence-electron chi connectivity index (χ4n) is 3.30. The molecule has 0 aliphatic rings. The highest BCUT2D eigenvalue weighted by Crippen LogP contribution is 2.11. The van der Waals surface area contributed by atoms with Gasteiger partial charge in [-0.3, -0.25) is 4.79 Å². The third-order valence-electron chi connectivity index (χ3n) is 4.96. The lowest BCUT2D eigenvalue weighted by molar-refractivity contribution is -0.697. The number of carbonyl (C=O) groups excluding carboxylic acids is 1. The van der Waals surface area contributed by atoms with Crippen molar-refractivity contribution in [2.24, 2.45) is 0 Å². The van der Waals surface area contributed by atoms with E-state index in [4.69, 9.17) is 0 Å². The Morgan fingerprint density at radius 1 is 0.692 bits per heavy atom. The molecule has 0 atom stereocenters. The van der Waals surface area contributed by atoms with E-state index >= 15 is 0 Å². The molecule has 1 aromatic carbocycles. The van der Waals surface area contributed by atoms with E-state index in [9.17, 15) is 4.79 Å². The quantitative estimate of drug-likeness (QED) is 0.241. The SMILES string of the molecule is CCCCCCCCCCCC[n+]1ccc(C(=O)c2ccccc2)cc1. The summed E-state index contributed by atoms with van der Waals surface area (Å²) < 4.78 is 2.19. The Morgan fingerprint density at radius 3 is 1.77 bits per heavy atom. The monoisotopic (exact) mass is 352 g/mol. The van der Waals surface area contributed by atoms with Crippen LogP contribution in [0, 0.1) is 0 Å². The molecule has 0 fully saturated rings.